The summed E-state index contributed by atoms with van der Waals surface area (Å²) < 4.78 is 25.8. The standard InChI is InChI=1S/C12H18N2O4S/c1-10(12(15)16)2-8-14-19(17,18)9-5-11-3-6-13-7-4-11/h3-4,6-7,10,14H,2,5,8-9H2,1H3,(H,15,16). The summed E-state index contributed by atoms with van der Waals surface area (Å²) in [7, 11) is -3.36. The number of hydrogen-bond donors (Lipinski definition) is 2. The number of hydrogen-bond acceptors (Lipinski definition) is 4. The minimum atomic E-state index is -3.36. The van der Waals surface area contributed by atoms with Gasteiger partial charge < -0.3 is 5.11 Å². The Kier molecular flexibility index (Phi) is 5.91. The summed E-state index contributed by atoms with van der Waals surface area (Å²) >= 11 is 0. The molecule has 1 rings (SSSR count). The van der Waals surface area contributed by atoms with Gasteiger partial charge in [-0.15, -0.1) is 0 Å². The van der Waals surface area contributed by atoms with Crippen molar-refractivity contribution >= 4 is 16.0 Å². The molecular formula is C12H18N2O4S. The number of sulfonamides is 1. The zero-order chi connectivity index (χ0) is 14.3. The summed E-state index contributed by atoms with van der Waals surface area (Å²) in [6.45, 7) is 1.69. The van der Waals surface area contributed by atoms with Gasteiger partial charge in [0.25, 0.3) is 0 Å². The van der Waals surface area contributed by atoms with Crippen LogP contribution < -0.4 is 4.72 Å². The van der Waals surface area contributed by atoms with Gasteiger partial charge in [0.2, 0.25) is 10.0 Å². The van der Waals surface area contributed by atoms with Crippen LogP contribution in [0.3, 0.4) is 0 Å². The Balaban J connectivity index is 2.34. The van der Waals surface area contributed by atoms with Crippen LogP contribution in [-0.4, -0.2) is 36.8 Å². The first-order valence-electron chi connectivity index (χ1n) is 6.00. The van der Waals surface area contributed by atoms with E-state index >= 15 is 0 Å². The zero-order valence-corrected chi connectivity index (χ0v) is 11.6. The molecule has 0 saturated carbocycles. The van der Waals surface area contributed by atoms with Gasteiger partial charge in [-0.25, -0.2) is 13.1 Å². The van der Waals surface area contributed by atoms with E-state index in [1.165, 1.54) is 0 Å². The third kappa shape index (κ3) is 6.30. The third-order valence-electron chi connectivity index (χ3n) is 2.73. The quantitative estimate of drug-likeness (QED) is 0.731. The molecule has 1 atom stereocenters. The molecule has 1 aromatic rings. The number of carboxylic acid groups (broad SMARTS) is 1. The molecule has 1 aromatic heterocycles. The van der Waals surface area contributed by atoms with Gasteiger partial charge in [0.05, 0.1) is 11.7 Å². The highest BCUT2D eigenvalue weighted by atomic mass is 32.2. The highest BCUT2D eigenvalue weighted by Crippen LogP contribution is 2.02. The van der Waals surface area contributed by atoms with Crippen molar-refractivity contribution in [1.82, 2.24) is 9.71 Å². The molecule has 0 bridgehead atoms. The van der Waals surface area contributed by atoms with Gasteiger partial charge in [0, 0.05) is 18.9 Å². The summed E-state index contributed by atoms with van der Waals surface area (Å²) in [6.07, 6.45) is 3.92. The second-order valence-corrected chi connectivity index (χ2v) is 6.27. The number of aromatic nitrogens is 1. The molecule has 0 aliphatic carbocycles. The SMILES string of the molecule is CC(CCNS(=O)(=O)CCc1ccncc1)C(=O)O. The fourth-order valence-corrected chi connectivity index (χ4v) is 2.51. The number of rotatable bonds is 8. The van der Waals surface area contributed by atoms with Crippen LogP contribution in [0.15, 0.2) is 24.5 Å². The van der Waals surface area contributed by atoms with Gasteiger partial charge in [0.1, 0.15) is 0 Å². The summed E-state index contributed by atoms with van der Waals surface area (Å²) in [5, 5.41) is 8.68. The molecule has 0 aromatic carbocycles. The van der Waals surface area contributed by atoms with Gasteiger partial charge in [-0.05, 0) is 30.5 Å². The van der Waals surface area contributed by atoms with Crippen molar-refractivity contribution in [3.05, 3.63) is 30.1 Å². The van der Waals surface area contributed by atoms with E-state index in [9.17, 15) is 13.2 Å². The number of nitrogens with one attached hydrogen (secondary N) is 1. The topological polar surface area (TPSA) is 96.4 Å². The molecule has 1 heterocycles. The average Bonchev–Trinajstić information content (AvgIpc) is 2.37. The first-order valence-corrected chi connectivity index (χ1v) is 7.65. The maximum Gasteiger partial charge on any atom is 0.306 e. The molecule has 7 heteroatoms. The molecule has 2 N–H and O–H groups in total. The van der Waals surface area contributed by atoms with Crippen LogP contribution in [0.25, 0.3) is 0 Å². The lowest BCUT2D eigenvalue weighted by molar-refractivity contribution is -0.141. The normalized spacial score (nSPS) is 13.1. The lowest BCUT2D eigenvalue weighted by Crippen LogP contribution is -2.30. The Hall–Kier alpha value is -1.47. The van der Waals surface area contributed by atoms with Crippen molar-refractivity contribution in [1.29, 1.82) is 0 Å². The Morgan fingerprint density at radius 2 is 2.05 bits per heavy atom. The number of carbonyl (C=O) groups is 1. The first-order chi connectivity index (χ1) is 8.91. The number of carboxylic acids is 1. The van der Waals surface area contributed by atoms with E-state index in [-0.39, 0.29) is 18.7 Å². The van der Waals surface area contributed by atoms with Gasteiger partial charge in [-0.1, -0.05) is 6.92 Å². The summed E-state index contributed by atoms with van der Waals surface area (Å²) in [5.74, 6) is -1.49. The van der Waals surface area contributed by atoms with Crippen LogP contribution in [-0.2, 0) is 21.2 Å². The summed E-state index contributed by atoms with van der Waals surface area (Å²) in [5.41, 5.74) is 0.902. The Labute approximate surface area is 112 Å². The van der Waals surface area contributed by atoms with Gasteiger partial charge in [-0.3, -0.25) is 9.78 Å². The Morgan fingerprint density at radius 3 is 2.63 bits per heavy atom. The van der Waals surface area contributed by atoms with Crippen molar-refractivity contribution in [2.45, 2.75) is 19.8 Å². The van der Waals surface area contributed by atoms with Crippen LogP contribution in [0.2, 0.25) is 0 Å². The minimum Gasteiger partial charge on any atom is -0.481 e. The number of aliphatic carboxylic acids is 1. The van der Waals surface area contributed by atoms with Crippen LogP contribution in [0.4, 0.5) is 0 Å². The lowest BCUT2D eigenvalue weighted by atomic mass is 10.1. The van der Waals surface area contributed by atoms with E-state index in [0.29, 0.717) is 6.42 Å². The van der Waals surface area contributed by atoms with E-state index in [1.54, 1.807) is 31.5 Å². The van der Waals surface area contributed by atoms with Crippen molar-refractivity contribution in [3.8, 4) is 0 Å². The van der Waals surface area contributed by atoms with E-state index in [1.807, 2.05) is 0 Å². The number of nitrogens with zero attached hydrogens (tertiary/aromatic N) is 1. The lowest BCUT2D eigenvalue weighted by Gasteiger charge is -2.08. The first kappa shape index (κ1) is 15.6. The number of pyridine rings is 1. The van der Waals surface area contributed by atoms with Crippen LogP contribution >= 0.6 is 0 Å². The predicted octanol–water partition coefficient (Wildman–Crippen LogP) is 0.654. The second-order valence-electron chi connectivity index (χ2n) is 4.35. The van der Waals surface area contributed by atoms with E-state index in [4.69, 9.17) is 5.11 Å². The second kappa shape index (κ2) is 7.20. The molecule has 106 valence electrons. The molecule has 6 nitrogen and oxygen atoms in total. The van der Waals surface area contributed by atoms with Crippen LogP contribution in [0, 0.1) is 5.92 Å². The molecule has 1 unspecified atom stereocenters. The fourth-order valence-electron chi connectivity index (χ4n) is 1.43. The highest BCUT2D eigenvalue weighted by Gasteiger charge is 2.14. The molecule has 0 saturated heterocycles. The maximum absolute atomic E-state index is 11.7. The van der Waals surface area contributed by atoms with Crippen molar-refractivity contribution in [2.75, 3.05) is 12.3 Å². The largest absolute Gasteiger partial charge is 0.481 e. The van der Waals surface area contributed by atoms with E-state index < -0.39 is 21.9 Å². The third-order valence-corrected chi connectivity index (χ3v) is 4.12. The highest BCUT2D eigenvalue weighted by molar-refractivity contribution is 7.89. The van der Waals surface area contributed by atoms with E-state index in [2.05, 4.69) is 9.71 Å². The average molecular weight is 286 g/mol. The molecule has 0 spiro atoms. The monoisotopic (exact) mass is 286 g/mol. The fraction of sp³-hybridized carbons (Fsp3) is 0.500. The molecule has 0 aliphatic rings. The van der Waals surface area contributed by atoms with Crippen molar-refractivity contribution in [3.63, 3.8) is 0 Å². The maximum atomic E-state index is 11.7. The van der Waals surface area contributed by atoms with Crippen molar-refractivity contribution < 1.29 is 18.3 Å². The van der Waals surface area contributed by atoms with E-state index in [0.717, 1.165) is 5.56 Å². The smallest absolute Gasteiger partial charge is 0.306 e. The molecule has 0 aliphatic heterocycles. The predicted molar refractivity (Wildman–Crippen MR) is 71.1 cm³/mol. The van der Waals surface area contributed by atoms with Crippen molar-refractivity contribution in [2.24, 2.45) is 5.92 Å². The summed E-state index contributed by atoms with van der Waals surface area (Å²) in [6, 6.07) is 3.53. The molecular weight excluding hydrogens is 268 g/mol. The minimum absolute atomic E-state index is 0.0154. The molecule has 0 fully saturated rings. The Bertz CT molecular complexity index is 502. The number of aryl methyl sites for hydroxylation is 1. The summed E-state index contributed by atoms with van der Waals surface area (Å²) in [4.78, 5) is 14.4. The molecule has 0 radical (unpaired) electrons. The Morgan fingerprint density at radius 1 is 1.42 bits per heavy atom. The van der Waals surface area contributed by atoms with Crippen LogP contribution in [0.5, 0.6) is 0 Å². The van der Waals surface area contributed by atoms with Crippen LogP contribution in [0.1, 0.15) is 18.9 Å². The molecule has 19 heavy (non-hydrogen) atoms. The van der Waals surface area contributed by atoms with Gasteiger partial charge in [-0.2, -0.15) is 0 Å². The van der Waals surface area contributed by atoms with Gasteiger partial charge in [0.15, 0.2) is 0 Å². The molecule has 0 amide bonds. The zero-order valence-electron chi connectivity index (χ0n) is 10.7. The van der Waals surface area contributed by atoms with Gasteiger partial charge >= 0.3 is 5.97 Å².